The fourth-order valence-corrected chi connectivity index (χ4v) is 2.77. The standard InChI is InChI=1S/C16H20F2N2O3/c1-10(21)14-4-2-3-7-20(14)15(22)9-19-16(23)11-5-6-12(17)13(18)8-11/h5-6,8,10,14,21H,2-4,7,9H2,1H3,(H,19,23). The Kier molecular flexibility index (Phi) is 5.65. The van der Waals surface area contributed by atoms with Gasteiger partial charge in [-0.3, -0.25) is 9.59 Å². The zero-order valence-corrected chi connectivity index (χ0v) is 12.9. The number of carbonyl (C=O) groups excluding carboxylic acids is 2. The van der Waals surface area contributed by atoms with Crippen molar-refractivity contribution in [3.8, 4) is 0 Å². The molecule has 23 heavy (non-hydrogen) atoms. The Labute approximate surface area is 133 Å². The van der Waals surface area contributed by atoms with Crippen molar-refractivity contribution in [2.24, 2.45) is 0 Å². The summed E-state index contributed by atoms with van der Waals surface area (Å²) in [7, 11) is 0. The van der Waals surface area contributed by atoms with Crippen LogP contribution in [-0.4, -0.2) is 47.1 Å². The molecule has 1 fully saturated rings. The molecule has 1 saturated heterocycles. The molecule has 2 amide bonds. The van der Waals surface area contributed by atoms with Gasteiger partial charge in [0.2, 0.25) is 5.91 Å². The number of hydrogen-bond donors (Lipinski definition) is 2. The summed E-state index contributed by atoms with van der Waals surface area (Å²) < 4.78 is 26.0. The highest BCUT2D eigenvalue weighted by Crippen LogP contribution is 2.19. The number of carbonyl (C=O) groups is 2. The van der Waals surface area contributed by atoms with E-state index in [4.69, 9.17) is 0 Å². The van der Waals surface area contributed by atoms with E-state index < -0.39 is 23.6 Å². The largest absolute Gasteiger partial charge is 0.391 e. The summed E-state index contributed by atoms with van der Waals surface area (Å²) in [4.78, 5) is 25.7. The number of rotatable bonds is 4. The molecule has 2 atom stereocenters. The van der Waals surface area contributed by atoms with Crippen LogP contribution in [0.3, 0.4) is 0 Å². The molecule has 7 heteroatoms. The van der Waals surface area contributed by atoms with E-state index >= 15 is 0 Å². The van der Waals surface area contributed by atoms with Crippen molar-refractivity contribution in [2.45, 2.75) is 38.3 Å². The number of halogens is 2. The minimum atomic E-state index is -1.12. The molecule has 126 valence electrons. The Balaban J connectivity index is 1.95. The monoisotopic (exact) mass is 326 g/mol. The van der Waals surface area contributed by atoms with Crippen LogP contribution in [0.5, 0.6) is 0 Å². The lowest BCUT2D eigenvalue weighted by molar-refractivity contribution is -0.136. The number of aliphatic hydroxyl groups excluding tert-OH is 1. The van der Waals surface area contributed by atoms with Crippen LogP contribution in [0.4, 0.5) is 8.78 Å². The molecular formula is C16H20F2N2O3. The summed E-state index contributed by atoms with van der Waals surface area (Å²) in [5, 5.41) is 12.2. The molecule has 1 aromatic carbocycles. The molecule has 0 bridgehead atoms. The Morgan fingerprint density at radius 3 is 2.74 bits per heavy atom. The quantitative estimate of drug-likeness (QED) is 0.880. The number of nitrogens with zero attached hydrogens (tertiary/aromatic N) is 1. The van der Waals surface area contributed by atoms with Gasteiger partial charge in [-0.15, -0.1) is 0 Å². The number of benzene rings is 1. The van der Waals surface area contributed by atoms with E-state index in [1.807, 2.05) is 0 Å². The van der Waals surface area contributed by atoms with Gasteiger partial charge >= 0.3 is 0 Å². The summed E-state index contributed by atoms with van der Waals surface area (Å²) in [5.74, 6) is -3.10. The van der Waals surface area contributed by atoms with Gasteiger partial charge in [0.1, 0.15) is 0 Å². The molecule has 0 aliphatic carbocycles. The molecule has 0 aromatic heterocycles. The van der Waals surface area contributed by atoms with Crippen LogP contribution < -0.4 is 5.32 Å². The van der Waals surface area contributed by atoms with Gasteiger partial charge in [-0.25, -0.2) is 8.78 Å². The van der Waals surface area contributed by atoms with Crippen LogP contribution in [0.15, 0.2) is 18.2 Å². The van der Waals surface area contributed by atoms with Gasteiger partial charge in [0.25, 0.3) is 5.91 Å². The van der Waals surface area contributed by atoms with Crippen LogP contribution in [0.25, 0.3) is 0 Å². The van der Waals surface area contributed by atoms with Crippen LogP contribution in [0.1, 0.15) is 36.5 Å². The van der Waals surface area contributed by atoms with Crippen molar-refractivity contribution < 1.29 is 23.5 Å². The molecule has 2 N–H and O–H groups in total. The summed E-state index contributed by atoms with van der Waals surface area (Å²) in [6.45, 7) is 1.92. The van der Waals surface area contributed by atoms with E-state index in [0.717, 1.165) is 37.5 Å². The fraction of sp³-hybridized carbons (Fsp3) is 0.500. The van der Waals surface area contributed by atoms with Gasteiger partial charge in [0.05, 0.1) is 18.7 Å². The highest BCUT2D eigenvalue weighted by Gasteiger charge is 2.29. The number of nitrogens with one attached hydrogen (secondary N) is 1. The normalized spacial score (nSPS) is 19.3. The van der Waals surface area contributed by atoms with E-state index in [1.165, 1.54) is 0 Å². The van der Waals surface area contributed by atoms with E-state index in [2.05, 4.69) is 5.32 Å². The van der Waals surface area contributed by atoms with Crippen molar-refractivity contribution in [3.63, 3.8) is 0 Å². The van der Waals surface area contributed by atoms with E-state index in [1.54, 1.807) is 11.8 Å². The van der Waals surface area contributed by atoms with E-state index in [0.29, 0.717) is 6.54 Å². The second kappa shape index (κ2) is 7.50. The van der Waals surface area contributed by atoms with Gasteiger partial charge in [0.15, 0.2) is 11.6 Å². The fourth-order valence-electron chi connectivity index (χ4n) is 2.77. The summed E-state index contributed by atoms with van der Waals surface area (Å²) in [6.07, 6.45) is 1.88. The van der Waals surface area contributed by atoms with Crippen LogP contribution in [-0.2, 0) is 4.79 Å². The number of piperidine rings is 1. The molecule has 1 heterocycles. The van der Waals surface area contributed by atoms with Crippen molar-refractivity contribution in [1.82, 2.24) is 10.2 Å². The highest BCUT2D eigenvalue weighted by atomic mass is 19.2. The summed E-state index contributed by atoms with van der Waals surface area (Å²) in [6, 6.07) is 2.54. The first-order valence-electron chi connectivity index (χ1n) is 7.61. The lowest BCUT2D eigenvalue weighted by atomic mass is 9.98. The zero-order chi connectivity index (χ0) is 17.0. The number of amides is 2. The Bertz CT molecular complexity index is 593. The first kappa shape index (κ1) is 17.3. The van der Waals surface area contributed by atoms with E-state index in [9.17, 15) is 23.5 Å². The molecule has 0 saturated carbocycles. The third-order valence-corrected chi connectivity index (χ3v) is 4.01. The average molecular weight is 326 g/mol. The highest BCUT2D eigenvalue weighted by molar-refractivity contribution is 5.96. The maximum Gasteiger partial charge on any atom is 0.251 e. The predicted octanol–water partition coefficient (Wildman–Crippen LogP) is 1.46. The van der Waals surface area contributed by atoms with Crippen LogP contribution in [0, 0.1) is 11.6 Å². The minimum Gasteiger partial charge on any atom is -0.391 e. The van der Waals surface area contributed by atoms with Gasteiger partial charge < -0.3 is 15.3 Å². The topological polar surface area (TPSA) is 69.6 Å². The Hall–Kier alpha value is -2.02. The molecule has 1 aliphatic rings. The lowest BCUT2D eigenvalue weighted by Gasteiger charge is -2.37. The first-order chi connectivity index (χ1) is 10.9. The third-order valence-electron chi connectivity index (χ3n) is 4.01. The second-order valence-electron chi connectivity index (χ2n) is 5.70. The SMILES string of the molecule is CC(O)C1CCCCN1C(=O)CNC(=O)c1ccc(F)c(F)c1. The summed E-state index contributed by atoms with van der Waals surface area (Å²) >= 11 is 0. The number of hydrogen-bond acceptors (Lipinski definition) is 3. The zero-order valence-electron chi connectivity index (χ0n) is 12.9. The molecule has 1 aromatic rings. The maximum atomic E-state index is 13.1. The average Bonchev–Trinajstić information content (AvgIpc) is 2.54. The summed E-state index contributed by atoms with van der Waals surface area (Å²) in [5.41, 5.74) is -0.0533. The van der Waals surface area contributed by atoms with Crippen molar-refractivity contribution in [2.75, 3.05) is 13.1 Å². The second-order valence-corrected chi connectivity index (χ2v) is 5.70. The van der Waals surface area contributed by atoms with Crippen LogP contribution in [0.2, 0.25) is 0 Å². The lowest BCUT2D eigenvalue weighted by Crippen LogP contribution is -2.51. The third kappa shape index (κ3) is 4.25. The van der Waals surface area contributed by atoms with Crippen molar-refractivity contribution in [1.29, 1.82) is 0 Å². The molecule has 0 spiro atoms. The first-order valence-corrected chi connectivity index (χ1v) is 7.61. The molecule has 2 unspecified atom stereocenters. The van der Waals surface area contributed by atoms with Crippen molar-refractivity contribution in [3.05, 3.63) is 35.4 Å². The Morgan fingerprint density at radius 2 is 2.09 bits per heavy atom. The molecule has 5 nitrogen and oxygen atoms in total. The number of aliphatic hydroxyl groups is 1. The molecular weight excluding hydrogens is 306 g/mol. The van der Waals surface area contributed by atoms with Crippen LogP contribution >= 0.6 is 0 Å². The van der Waals surface area contributed by atoms with Crippen molar-refractivity contribution >= 4 is 11.8 Å². The molecule has 0 radical (unpaired) electrons. The Morgan fingerprint density at radius 1 is 1.35 bits per heavy atom. The van der Waals surface area contributed by atoms with Gasteiger partial charge in [-0.1, -0.05) is 0 Å². The van der Waals surface area contributed by atoms with Gasteiger partial charge in [-0.05, 0) is 44.4 Å². The molecule has 2 rings (SSSR count). The van der Waals surface area contributed by atoms with Gasteiger partial charge in [-0.2, -0.15) is 0 Å². The number of likely N-dealkylation sites (tertiary alicyclic amines) is 1. The minimum absolute atomic E-state index is 0.0533. The smallest absolute Gasteiger partial charge is 0.251 e. The molecule has 1 aliphatic heterocycles. The predicted molar refractivity (Wildman–Crippen MR) is 79.7 cm³/mol. The van der Waals surface area contributed by atoms with Gasteiger partial charge in [0, 0.05) is 12.1 Å². The van der Waals surface area contributed by atoms with E-state index in [-0.39, 0.29) is 24.1 Å². The maximum absolute atomic E-state index is 13.1.